The van der Waals surface area contributed by atoms with Crippen molar-refractivity contribution in [1.82, 2.24) is 0 Å². The number of carbonyl (C=O) groups excluding carboxylic acids is 1. The van der Waals surface area contributed by atoms with Crippen LogP contribution in [0.4, 0.5) is 0 Å². The van der Waals surface area contributed by atoms with Gasteiger partial charge in [0.25, 0.3) is 0 Å². The minimum Gasteiger partial charge on any atom is -0.374 e. The van der Waals surface area contributed by atoms with Gasteiger partial charge in [-0.3, -0.25) is 4.79 Å². The first-order valence-electron chi connectivity index (χ1n) is 6.89. The second kappa shape index (κ2) is 5.51. The Bertz CT molecular complexity index is 308. The van der Waals surface area contributed by atoms with E-state index in [4.69, 9.17) is 9.47 Å². The maximum absolute atomic E-state index is 12.6. The number of ether oxygens (including phenoxy) is 2. The number of rotatable bonds is 4. The topological polar surface area (TPSA) is 35.5 Å². The van der Waals surface area contributed by atoms with E-state index in [0.717, 1.165) is 37.4 Å². The molecule has 3 nitrogen and oxygen atoms in total. The fraction of sp³-hybridized carbons (Fsp3) is 0.929. The summed E-state index contributed by atoms with van der Waals surface area (Å²) < 4.78 is 11.6. The Kier molecular flexibility index (Phi) is 4.40. The van der Waals surface area contributed by atoms with Crippen LogP contribution in [0, 0.1) is 5.92 Å². The Morgan fingerprint density at radius 2 is 2.33 bits per heavy atom. The first kappa shape index (κ1) is 14.4. The molecule has 2 aliphatic heterocycles. The quantitative estimate of drug-likeness (QED) is 0.788. The largest absolute Gasteiger partial charge is 0.374 e. The maximum atomic E-state index is 12.6. The van der Waals surface area contributed by atoms with Gasteiger partial charge in [0.15, 0.2) is 5.78 Å². The Balaban J connectivity index is 2.02. The highest BCUT2D eigenvalue weighted by molar-refractivity contribution is 7.99. The third kappa shape index (κ3) is 2.91. The standard InChI is InChI=1S/C14H24O3S/c1-4-16-13(2,3)12(15)11-5-7-17-14(9-11)6-8-18-10-14/h11H,4-10H2,1-3H3. The first-order valence-corrected chi connectivity index (χ1v) is 8.04. The van der Waals surface area contributed by atoms with Crippen LogP contribution in [0.2, 0.25) is 0 Å². The molecule has 2 heterocycles. The van der Waals surface area contributed by atoms with Crippen molar-refractivity contribution in [2.75, 3.05) is 24.7 Å². The zero-order valence-corrected chi connectivity index (χ0v) is 12.5. The van der Waals surface area contributed by atoms with Crippen LogP contribution < -0.4 is 0 Å². The zero-order chi connectivity index (χ0) is 13.2. The predicted octanol–water partition coefficient (Wildman–Crippen LogP) is 2.67. The third-order valence-electron chi connectivity index (χ3n) is 4.03. The lowest BCUT2D eigenvalue weighted by Crippen LogP contribution is -2.47. The number of thioether (sulfide) groups is 1. The molecule has 1 spiro atoms. The van der Waals surface area contributed by atoms with Gasteiger partial charge >= 0.3 is 0 Å². The first-order chi connectivity index (χ1) is 8.49. The van der Waals surface area contributed by atoms with Crippen LogP contribution in [-0.2, 0) is 14.3 Å². The number of hydrogen-bond donors (Lipinski definition) is 0. The molecule has 0 aliphatic carbocycles. The average Bonchev–Trinajstić information content (AvgIpc) is 2.76. The minimum atomic E-state index is -0.649. The molecule has 2 rings (SSSR count). The molecule has 2 aliphatic rings. The van der Waals surface area contributed by atoms with Crippen LogP contribution in [0.25, 0.3) is 0 Å². The van der Waals surface area contributed by atoms with E-state index in [-0.39, 0.29) is 17.3 Å². The number of ketones is 1. The summed E-state index contributed by atoms with van der Waals surface area (Å²) >= 11 is 1.94. The van der Waals surface area contributed by atoms with Crippen LogP contribution in [0.15, 0.2) is 0 Å². The molecule has 0 bridgehead atoms. The number of hydrogen-bond acceptors (Lipinski definition) is 4. The molecular weight excluding hydrogens is 248 g/mol. The van der Waals surface area contributed by atoms with E-state index in [1.165, 1.54) is 0 Å². The van der Waals surface area contributed by atoms with Gasteiger partial charge in [0.2, 0.25) is 0 Å². The van der Waals surface area contributed by atoms with Gasteiger partial charge in [0.05, 0.1) is 5.60 Å². The smallest absolute Gasteiger partial charge is 0.167 e. The molecule has 0 N–H and O–H groups in total. The van der Waals surface area contributed by atoms with E-state index in [9.17, 15) is 4.79 Å². The van der Waals surface area contributed by atoms with Gasteiger partial charge in [-0.1, -0.05) is 0 Å². The normalized spacial score (nSPS) is 32.9. The second-order valence-corrected chi connectivity index (χ2v) is 6.94. The van der Waals surface area contributed by atoms with Crippen molar-refractivity contribution in [3.63, 3.8) is 0 Å². The molecule has 0 aromatic rings. The lowest BCUT2D eigenvalue weighted by Gasteiger charge is -2.39. The summed E-state index contributed by atoms with van der Waals surface area (Å²) in [5.74, 6) is 2.57. The van der Waals surface area contributed by atoms with Crippen LogP contribution in [0.5, 0.6) is 0 Å². The summed E-state index contributed by atoms with van der Waals surface area (Å²) in [7, 11) is 0. The molecule has 18 heavy (non-hydrogen) atoms. The summed E-state index contributed by atoms with van der Waals surface area (Å²) in [6, 6.07) is 0. The van der Waals surface area contributed by atoms with E-state index >= 15 is 0 Å². The average molecular weight is 272 g/mol. The maximum Gasteiger partial charge on any atom is 0.167 e. The molecule has 2 saturated heterocycles. The fourth-order valence-corrected chi connectivity index (χ4v) is 4.42. The highest BCUT2D eigenvalue weighted by Crippen LogP contribution is 2.41. The molecule has 2 atom stereocenters. The van der Waals surface area contributed by atoms with Crippen molar-refractivity contribution in [3.05, 3.63) is 0 Å². The van der Waals surface area contributed by atoms with Crippen molar-refractivity contribution in [3.8, 4) is 0 Å². The zero-order valence-electron chi connectivity index (χ0n) is 11.7. The lowest BCUT2D eigenvalue weighted by atomic mass is 9.79. The molecule has 0 saturated carbocycles. The molecule has 4 heteroatoms. The van der Waals surface area contributed by atoms with Crippen molar-refractivity contribution >= 4 is 17.5 Å². The van der Waals surface area contributed by atoms with Crippen LogP contribution in [0.1, 0.15) is 40.0 Å². The summed E-state index contributed by atoms with van der Waals surface area (Å²) in [6.45, 7) is 7.03. The molecule has 2 unspecified atom stereocenters. The highest BCUT2D eigenvalue weighted by Gasteiger charge is 2.45. The van der Waals surface area contributed by atoms with E-state index in [1.54, 1.807) is 0 Å². The summed E-state index contributed by atoms with van der Waals surface area (Å²) in [4.78, 5) is 12.6. The summed E-state index contributed by atoms with van der Waals surface area (Å²) in [5, 5.41) is 0. The fourth-order valence-electron chi connectivity index (χ4n) is 3.04. The van der Waals surface area contributed by atoms with E-state index in [0.29, 0.717) is 6.61 Å². The lowest BCUT2D eigenvalue weighted by molar-refractivity contribution is -0.153. The molecule has 0 amide bonds. The molecule has 104 valence electrons. The highest BCUT2D eigenvalue weighted by atomic mass is 32.2. The Hall–Kier alpha value is -0.0600. The molecule has 2 fully saturated rings. The minimum absolute atomic E-state index is 0.0223. The molecule has 0 aromatic carbocycles. The van der Waals surface area contributed by atoms with Crippen molar-refractivity contribution in [2.24, 2.45) is 5.92 Å². The SMILES string of the molecule is CCOC(C)(C)C(=O)C1CCOC2(CCSC2)C1. The van der Waals surface area contributed by atoms with Crippen LogP contribution in [-0.4, -0.2) is 41.7 Å². The van der Waals surface area contributed by atoms with Gasteiger partial charge in [-0.2, -0.15) is 11.8 Å². The van der Waals surface area contributed by atoms with Gasteiger partial charge in [-0.15, -0.1) is 0 Å². The predicted molar refractivity (Wildman–Crippen MR) is 74.1 cm³/mol. The van der Waals surface area contributed by atoms with Gasteiger partial charge in [0, 0.05) is 24.9 Å². The Morgan fingerprint density at radius 1 is 1.56 bits per heavy atom. The monoisotopic (exact) mass is 272 g/mol. The Morgan fingerprint density at radius 3 is 2.94 bits per heavy atom. The summed E-state index contributed by atoms with van der Waals surface area (Å²) in [5.41, 5.74) is -0.671. The summed E-state index contributed by atoms with van der Waals surface area (Å²) in [6.07, 6.45) is 2.83. The van der Waals surface area contributed by atoms with E-state index < -0.39 is 5.60 Å². The molecular formula is C14H24O3S. The number of carbonyl (C=O) groups is 1. The van der Waals surface area contributed by atoms with Gasteiger partial charge < -0.3 is 9.47 Å². The van der Waals surface area contributed by atoms with Gasteiger partial charge in [0.1, 0.15) is 5.60 Å². The van der Waals surface area contributed by atoms with Crippen LogP contribution >= 0.6 is 11.8 Å². The Labute approximate surface area is 114 Å². The molecule has 0 aromatic heterocycles. The second-order valence-electron chi connectivity index (χ2n) is 5.83. The number of Topliss-reactive ketones (excluding diaryl/α,β-unsaturated/α-hetero) is 1. The van der Waals surface area contributed by atoms with E-state index in [2.05, 4.69) is 0 Å². The van der Waals surface area contributed by atoms with Crippen LogP contribution in [0.3, 0.4) is 0 Å². The van der Waals surface area contributed by atoms with Crippen molar-refractivity contribution in [2.45, 2.75) is 51.2 Å². The van der Waals surface area contributed by atoms with Crippen molar-refractivity contribution in [1.29, 1.82) is 0 Å². The van der Waals surface area contributed by atoms with Gasteiger partial charge in [-0.05, 0) is 45.8 Å². The van der Waals surface area contributed by atoms with Gasteiger partial charge in [-0.25, -0.2) is 0 Å². The van der Waals surface area contributed by atoms with E-state index in [1.807, 2.05) is 32.5 Å². The third-order valence-corrected chi connectivity index (χ3v) is 5.25. The van der Waals surface area contributed by atoms with Crippen molar-refractivity contribution < 1.29 is 14.3 Å². The molecule has 0 radical (unpaired) electrons.